The topological polar surface area (TPSA) is 35.2 Å². The Morgan fingerprint density at radius 2 is 2.05 bits per heavy atom. The van der Waals surface area contributed by atoms with Crippen LogP contribution in [0.15, 0.2) is 28.7 Å². The van der Waals surface area contributed by atoms with Gasteiger partial charge < -0.3 is 10.5 Å². The van der Waals surface area contributed by atoms with E-state index in [1.165, 1.54) is 6.42 Å². The maximum Gasteiger partial charge on any atom is 0.0975 e. The van der Waals surface area contributed by atoms with E-state index in [1.54, 1.807) is 0 Å². The van der Waals surface area contributed by atoms with Crippen LogP contribution in [0.25, 0.3) is 0 Å². The highest BCUT2D eigenvalue weighted by Crippen LogP contribution is 2.25. The monoisotopic (exact) mass is 327 g/mol. The average molecular weight is 328 g/mol. The van der Waals surface area contributed by atoms with Gasteiger partial charge in [-0.1, -0.05) is 48.8 Å². The van der Waals surface area contributed by atoms with Crippen molar-refractivity contribution < 1.29 is 4.74 Å². The van der Waals surface area contributed by atoms with E-state index in [0.717, 1.165) is 35.4 Å². The van der Waals surface area contributed by atoms with Crippen LogP contribution < -0.4 is 5.73 Å². The van der Waals surface area contributed by atoms with Crippen LogP contribution in [-0.4, -0.2) is 12.6 Å². The van der Waals surface area contributed by atoms with Gasteiger partial charge in [0.15, 0.2) is 0 Å². The van der Waals surface area contributed by atoms with Crippen molar-refractivity contribution >= 4 is 15.9 Å². The molecule has 0 radical (unpaired) electrons. The summed E-state index contributed by atoms with van der Waals surface area (Å²) in [6.45, 7) is 7.36. The second kappa shape index (κ2) is 8.72. The molecule has 0 saturated heterocycles. The predicted molar refractivity (Wildman–Crippen MR) is 85.2 cm³/mol. The molecule has 19 heavy (non-hydrogen) atoms. The Balaban J connectivity index is 2.62. The lowest BCUT2D eigenvalue weighted by Gasteiger charge is -2.24. The quantitative estimate of drug-likeness (QED) is 0.703. The zero-order valence-corrected chi connectivity index (χ0v) is 13.8. The molecule has 0 saturated carbocycles. The first-order valence-electron chi connectivity index (χ1n) is 7.17. The van der Waals surface area contributed by atoms with Crippen molar-refractivity contribution in [3.05, 3.63) is 34.3 Å². The third-order valence-electron chi connectivity index (χ3n) is 3.26. The second-order valence-corrected chi connectivity index (χ2v) is 6.37. The maximum atomic E-state index is 6.20. The third kappa shape index (κ3) is 6.07. The molecule has 0 amide bonds. The Labute approximate surface area is 125 Å². The molecule has 0 bridgehead atoms. The van der Waals surface area contributed by atoms with Gasteiger partial charge in [-0.15, -0.1) is 0 Å². The highest BCUT2D eigenvalue weighted by atomic mass is 79.9. The lowest BCUT2D eigenvalue weighted by molar-refractivity contribution is 0.0301. The van der Waals surface area contributed by atoms with E-state index >= 15 is 0 Å². The first-order valence-corrected chi connectivity index (χ1v) is 7.96. The van der Waals surface area contributed by atoms with Crippen molar-refractivity contribution in [2.45, 2.75) is 52.2 Å². The van der Waals surface area contributed by atoms with E-state index in [2.05, 4.69) is 48.8 Å². The zero-order chi connectivity index (χ0) is 14.3. The van der Waals surface area contributed by atoms with E-state index in [4.69, 9.17) is 10.5 Å². The van der Waals surface area contributed by atoms with E-state index in [9.17, 15) is 0 Å². The minimum Gasteiger partial charge on any atom is -0.372 e. The number of nitrogens with two attached hydrogens (primary N) is 1. The molecule has 3 heteroatoms. The number of hydrogen-bond acceptors (Lipinski definition) is 2. The lowest BCUT2D eigenvalue weighted by Crippen LogP contribution is -2.29. The summed E-state index contributed by atoms with van der Waals surface area (Å²) in [7, 11) is 0. The summed E-state index contributed by atoms with van der Waals surface area (Å²) >= 11 is 3.51. The summed E-state index contributed by atoms with van der Waals surface area (Å²) in [4.78, 5) is 0. The number of ether oxygens (including phenoxy) is 1. The fourth-order valence-electron chi connectivity index (χ4n) is 2.07. The molecule has 0 aliphatic heterocycles. The van der Waals surface area contributed by atoms with Gasteiger partial charge in [0.1, 0.15) is 0 Å². The van der Waals surface area contributed by atoms with Gasteiger partial charge in [0, 0.05) is 17.1 Å². The Kier molecular flexibility index (Phi) is 7.66. The molecule has 1 aromatic rings. The van der Waals surface area contributed by atoms with Gasteiger partial charge in [-0.3, -0.25) is 0 Å². The molecule has 1 aromatic carbocycles. The van der Waals surface area contributed by atoms with Gasteiger partial charge in [-0.05, 0) is 42.9 Å². The minimum absolute atomic E-state index is 0.00494. The molecular weight excluding hydrogens is 302 g/mol. The van der Waals surface area contributed by atoms with Gasteiger partial charge >= 0.3 is 0 Å². The number of hydrogen-bond donors (Lipinski definition) is 1. The van der Waals surface area contributed by atoms with Gasteiger partial charge in [0.2, 0.25) is 0 Å². The molecule has 0 heterocycles. The Morgan fingerprint density at radius 3 is 2.63 bits per heavy atom. The lowest BCUT2D eigenvalue weighted by atomic mass is 10.0. The molecule has 2 atom stereocenters. The standard InChI is InChI=1S/C16H26BrNO/c1-4-15(18)16(19-10-6-7-12(2)3)13-8-5-9-14(17)11-13/h5,8-9,11-12,15-16H,4,6-7,10,18H2,1-3H3. The largest absolute Gasteiger partial charge is 0.372 e. The summed E-state index contributed by atoms with van der Waals surface area (Å²) in [5.74, 6) is 0.729. The van der Waals surface area contributed by atoms with Gasteiger partial charge in [-0.25, -0.2) is 0 Å². The molecular formula is C16H26BrNO. The first-order chi connectivity index (χ1) is 9.04. The van der Waals surface area contributed by atoms with Crippen molar-refractivity contribution in [1.82, 2.24) is 0 Å². The van der Waals surface area contributed by atoms with Crippen LogP contribution in [0.1, 0.15) is 51.7 Å². The molecule has 0 fully saturated rings. The normalized spacial score (nSPS) is 14.6. The van der Waals surface area contributed by atoms with Crippen LogP contribution in [0, 0.1) is 5.92 Å². The fourth-order valence-corrected chi connectivity index (χ4v) is 2.48. The van der Waals surface area contributed by atoms with Crippen molar-refractivity contribution in [2.75, 3.05) is 6.61 Å². The molecule has 108 valence electrons. The smallest absolute Gasteiger partial charge is 0.0975 e. The average Bonchev–Trinajstić information content (AvgIpc) is 2.37. The summed E-state index contributed by atoms with van der Waals surface area (Å²) in [5.41, 5.74) is 7.36. The van der Waals surface area contributed by atoms with Crippen molar-refractivity contribution in [3.8, 4) is 0 Å². The molecule has 2 N–H and O–H groups in total. The van der Waals surface area contributed by atoms with E-state index < -0.39 is 0 Å². The van der Waals surface area contributed by atoms with E-state index in [-0.39, 0.29) is 12.1 Å². The Morgan fingerprint density at radius 1 is 1.32 bits per heavy atom. The highest BCUT2D eigenvalue weighted by Gasteiger charge is 2.19. The van der Waals surface area contributed by atoms with Crippen LogP contribution in [0.5, 0.6) is 0 Å². The van der Waals surface area contributed by atoms with Crippen LogP contribution in [0.4, 0.5) is 0 Å². The molecule has 1 rings (SSSR count). The van der Waals surface area contributed by atoms with Gasteiger partial charge in [-0.2, -0.15) is 0 Å². The molecule has 2 nitrogen and oxygen atoms in total. The molecule has 2 unspecified atom stereocenters. The van der Waals surface area contributed by atoms with Crippen molar-refractivity contribution in [2.24, 2.45) is 11.7 Å². The Hall–Kier alpha value is -0.380. The van der Waals surface area contributed by atoms with E-state index in [1.807, 2.05) is 12.1 Å². The number of benzene rings is 1. The zero-order valence-electron chi connectivity index (χ0n) is 12.2. The SMILES string of the molecule is CCC(N)C(OCCCC(C)C)c1cccc(Br)c1. The van der Waals surface area contributed by atoms with Crippen LogP contribution >= 0.6 is 15.9 Å². The first kappa shape index (κ1) is 16.7. The van der Waals surface area contributed by atoms with Gasteiger partial charge in [0.05, 0.1) is 6.10 Å². The predicted octanol–water partition coefficient (Wildman–Crippen LogP) is 4.68. The van der Waals surface area contributed by atoms with Crippen molar-refractivity contribution in [3.63, 3.8) is 0 Å². The van der Waals surface area contributed by atoms with Gasteiger partial charge in [0.25, 0.3) is 0 Å². The van der Waals surface area contributed by atoms with Crippen molar-refractivity contribution in [1.29, 1.82) is 0 Å². The fraction of sp³-hybridized carbons (Fsp3) is 0.625. The molecule has 0 aliphatic rings. The minimum atomic E-state index is -0.00494. The maximum absolute atomic E-state index is 6.20. The summed E-state index contributed by atoms with van der Waals surface area (Å²) in [5, 5.41) is 0. The van der Waals surface area contributed by atoms with E-state index in [0.29, 0.717) is 0 Å². The van der Waals surface area contributed by atoms with Crippen LogP contribution in [-0.2, 0) is 4.74 Å². The Bertz CT molecular complexity index is 368. The number of rotatable bonds is 8. The third-order valence-corrected chi connectivity index (χ3v) is 3.75. The molecule has 0 spiro atoms. The highest BCUT2D eigenvalue weighted by molar-refractivity contribution is 9.10. The molecule has 0 aliphatic carbocycles. The second-order valence-electron chi connectivity index (χ2n) is 5.45. The van der Waals surface area contributed by atoms with Crippen LogP contribution in [0.2, 0.25) is 0 Å². The summed E-state index contributed by atoms with van der Waals surface area (Å²) in [6, 6.07) is 8.30. The van der Waals surface area contributed by atoms with Crippen LogP contribution in [0.3, 0.4) is 0 Å². The summed E-state index contributed by atoms with van der Waals surface area (Å²) < 4.78 is 7.11. The summed E-state index contributed by atoms with van der Waals surface area (Å²) in [6.07, 6.45) is 3.21. The number of halogens is 1. The molecule has 0 aromatic heterocycles.